The van der Waals surface area contributed by atoms with E-state index in [9.17, 15) is 4.79 Å². The lowest BCUT2D eigenvalue weighted by Gasteiger charge is -2.32. The first-order valence-electron chi connectivity index (χ1n) is 5.80. The highest BCUT2D eigenvalue weighted by Crippen LogP contribution is 2.32. The molecular formula is C13H17NO2S. The molecule has 0 radical (unpaired) electrons. The van der Waals surface area contributed by atoms with Gasteiger partial charge in [0.05, 0.1) is 0 Å². The topological polar surface area (TPSA) is 40.5 Å². The third-order valence-corrected chi connectivity index (χ3v) is 4.37. The maximum atomic E-state index is 10.7. The molecule has 1 atom stereocenters. The molecule has 0 saturated heterocycles. The van der Waals surface area contributed by atoms with Crippen molar-refractivity contribution in [3.63, 3.8) is 0 Å². The molecule has 0 spiro atoms. The summed E-state index contributed by atoms with van der Waals surface area (Å²) in [7, 11) is 0. The number of rotatable bonds is 3. The van der Waals surface area contributed by atoms with Crippen LogP contribution >= 0.6 is 11.3 Å². The molecule has 92 valence electrons. The molecule has 1 aromatic rings. The number of hydrogen-bond donors (Lipinski definition) is 1. The number of thiophene rings is 1. The summed E-state index contributed by atoms with van der Waals surface area (Å²) in [6.45, 7) is 5.56. The average Bonchev–Trinajstić information content (AvgIpc) is 2.76. The van der Waals surface area contributed by atoms with E-state index in [4.69, 9.17) is 5.11 Å². The zero-order valence-corrected chi connectivity index (χ0v) is 11.0. The summed E-state index contributed by atoms with van der Waals surface area (Å²) in [5, 5.41) is 11.0. The van der Waals surface area contributed by atoms with Crippen molar-refractivity contribution in [1.29, 1.82) is 0 Å². The number of carboxylic acids is 1. The molecule has 1 N–H and O–H groups in total. The minimum atomic E-state index is -0.828. The summed E-state index contributed by atoms with van der Waals surface area (Å²) in [5.74, 6) is -0.828. The van der Waals surface area contributed by atoms with Crippen molar-refractivity contribution >= 4 is 17.3 Å². The Bertz CT molecular complexity index is 450. The Hall–Kier alpha value is -1.13. The highest BCUT2D eigenvalue weighted by atomic mass is 32.1. The zero-order valence-electron chi connectivity index (χ0n) is 10.1. The zero-order chi connectivity index (χ0) is 12.4. The molecule has 4 heteroatoms. The molecule has 2 heterocycles. The highest BCUT2D eigenvalue weighted by Gasteiger charge is 2.23. The molecule has 0 fully saturated rings. The maximum absolute atomic E-state index is 10.7. The molecule has 0 amide bonds. The van der Waals surface area contributed by atoms with Crippen LogP contribution in [0, 0.1) is 0 Å². The summed E-state index contributed by atoms with van der Waals surface area (Å²) < 4.78 is 0. The molecule has 1 unspecified atom stereocenters. The number of hydrogen-bond acceptors (Lipinski definition) is 3. The summed E-state index contributed by atoms with van der Waals surface area (Å²) in [5.41, 5.74) is 1.83. The predicted molar refractivity (Wildman–Crippen MR) is 69.4 cm³/mol. The molecular weight excluding hydrogens is 234 g/mol. The fraction of sp³-hybridized carbons (Fsp3) is 0.462. The van der Waals surface area contributed by atoms with Gasteiger partial charge < -0.3 is 5.11 Å². The monoisotopic (exact) mass is 251 g/mol. The van der Waals surface area contributed by atoms with Crippen LogP contribution < -0.4 is 0 Å². The van der Waals surface area contributed by atoms with Crippen LogP contribution in [0.2, 0.25) is 0 Å². The van der Waals surface area contributed by atoms with E-state index in [-0.39, 0.29) is 0 Å². The van der Waals surface area contributed by atoms with E-state index in [1.54, 1.807) is 13.0 Å². The van der Waals surface area contributed by atoms with Crippen molar-refractivity contribution in [3.05, 3.63) is 33.5 Å². The molecule has 1 aromatic heterocycles. The van der Waals surface area contributed by atoms with Crippen molar-refractivity contribution in [1.82, 2.24) is 4.90 Å². The van der Waals surface area contributed by atoms with Gasteiger partial charge in [0.25, 0.3) is 0 Å². The second kappa shape index (κ2) is 5.02. The number of nitrogens with zero attached hydrogens (tertiary/aromatic N) is 1. The van der Waals surface area contributed by atoms with Crippen molar-refractivity contribution in [2.75, 3.05) is 13.1 Å². The van der Waals surface area contributed by atoms with Crippen LogP contribution in [0.5, 0.6) is 0 Å². The van der Waals surface area contributed by atoms with Gasteiger partial charge in [-0.15, -0.1) is 11.3 Å². The van der Waals surface area contributed by atoms with Crippen molar-refractivity contribution in [3.8, 4) is 0 Å². The molecule has 1 aliphatic heterocycles. The lowest BCUT2D eigenvalue weighted by Crippen LogP contribution is -2.33. The van der Waals surface area contributed by atoms with Crippen molar-refractivity contribution in [2.24, 2.45) is 0 Å². The predicted octanol–water partition coefficient (Wildman–Crippen LogP) is 2.70. The normalized spacial score (nSPS) is 21.3. The van der Waals surface area contributed by atoms with Crippen LogP contribution in [0.25, 0.3) is 0 Å². The Morgan fingerprint density at radius 2 is 2.47 bits per heavy atom. The number of aliphatic carboxylic acids is 1. The van der Waals surface area contributed by atoms with Gasteiger partial charge in [0.1, 0.15) is 0 Å². The van der Waals surface area contributed by atoms with E-state index in [0.29, 0.717) is 18.2 Å². The summed E-state index contributed by atoms with van der Waals surface area (Å²) in [6, 6.07) is 2.58. The smallest absolute Gasteiger partial charge is 0.330 e. The van der Waals surface area contributed by atoms with Crippen molar-refractivity contribution < 1.29 is 9.90 Å². The number of carboxylic acid groups (broad SMARTS) is 1. The van der Waals surface area contributed by atoms with Gasteiger partial charge in [0.2, 0.25) is 0 Å². The summed E-state index contributed by atoms with van der Waals surface area (Å²) in [4.78, 5) is 14.5. The van der Waals surface area contributed by atoms with Gasteiger partial charge in [-0.25, -0.2) is 4.79 Å². The summed E-state index contributed by atoms with van der Waals surface area (Å²) in [6.07, 6.45) is 2.88. The fourth-order valence-corrected chi connectivity index (χ4v) is 3.12. The minimum absolute atomic E-state index is 0.392. The molecule has 17 heavy (non-hydrogen) atoms. The second-order valence-electron chi connectivity index (χ2n) is 4.41. The fourth-order valence-electron chi connectivity index (χ4n) is 2.15. The quantitative estimate of drug-likeness (QED) is 0.840. The van der Waals surface area contributed by atoms with E-state index >= 15 is 0 Å². The number of fused-ring (bicyclic) bond motifs is 1. The first-order valence-corrected chi connectivity index (χ1v) is 6.68. The molecule has 3 nitrogen and oxygen atoms in total. The molecule has 2 rings (SSSR count). The van der Waals surface area contributed by atoms with Crippen LogP contribution in [0.3, 0.4) is 0 Å². The first-order chi connectivity index (χ1) is 8.09. The van der Waals surface area contributed by atoms with Crippen LogP contribution in [0.1, 0.15) is 30.3 Å². The standard InChI is InChI=1S/C13H17NO2S/c1-9(13(15)16)3-6-14-7-4-12-11(10(14)2)5-8-17-12/h3,5,8,10H,4,6-7H2,1-2H3,(H,15,16). The Morgan fingerprint density at radius 1 is 1.71 bits per heavy atom. The van der Waals surface area contributed by atoms with Crippen LogP contribution in [-0.2, 0) is 11.2 Å². The molecule has 0 saturated carbocycles. The van der Waals surface area contributed by atoms with Crippen molar-refractivity contribution in [2.45, 2.75) is 26.3 Å². The van der Waals surface area contributed by atoms with Gasteiger partial charge in [-0.05, 0) is 37.3 Å². The average molecular weight is 251 g/mol. The van der Waals surface area contributed by atoms with Gasteiger partial charge >= 0.3 is 5.97 Å². The molecule has 0 aliphatic carbocycles. The van der Waals surface area contributed by atoms with Crippen LogP contribution in [-0.4, -0.2) is 29.1 Å². The molecule has 0 aromatic carbocycles. The van der Waals surface area contributed by atoms with Crippen LogP contribution in [0.4, 0.5) is 0 Å². The van der Waals surface area contributed by atoms with Gasteiger partial charge in [-0.2, -0.15) is 0 Å². The van der Waals surface area contributed by atoms with E-state index in [1.807, 2.05) is 11.3 Å². The Kier molecular flexibility index (Phi) is 3.64. The summed E-state index contributed by atoms with van der Waals surface area (Å²) >= 11 is 1.82. The third-order valence-electron chi connectivity index (χ3n) is 3.37. The van der Waals surface area contributed by atoms with E-state index < -0.39 is 5.97 Å². The highest BCUT2D eigenvalue weighted by molar-refractivity contribution is 7.10. The molecule has 0 bridgehead atoms. The Morgan fingerprint density at radius 3 is 3.18 bits per heavy atom. The lowest BCUT2D eigenvalue weighted by atomic mass is 10.0. The van der Waals surface area contributed by atoms with E-state index in [0.717, 1.165) is 13.0 Å². The van der Waals surface area contributed by atoms with E-state index in [2.05, 4.69) is 23.3 Å². The lowest BCUT2D eigenvalue weighted by molar-refractivity contribution is -0.132. The Labute approximate surface area is 105 Å². The Balaban J connectivity index is 2.06. The van der Waals surface area contributed by atoms with E-state index in [1.165, 1.54) is 10.4 Å². The first kappa shape index (κ1) is 12.3. The maximum Gasteiger partial charge on any atom is 0.330 e. The van der Waals surface area contributed by atoms with Gasteiger partial charge in [0.15, 0.2) is 0 Å². The largest absolute Gasteiger partial charge is 0.478 e. The van der Waals surface area contributed by atoms with Gasteiger partial charge in [0, 0.05) is 29.6 Å². The minimum Gasteiger partial charge on any atom is -0.478 e. The van der Waals surface area contributed by atoms with Gasteiger partial charge in [-0.1, -0.05) is 6.08 Å². The SMILES string of the molecule is CC(=CCN1CCc2sccc2C1C)C(=O)O. The van der Waals surface area contributed by atoms with Gasteiger partial charge in [-0.3, -0.25) is 4.90 Å². The van der Waals surface area contributed by atoms with Crippen LogP contribution in [0.15, 0.2) is 23.1 Å². The third kappa shape index (κ3) is 2.58. The second-order valence-corrected chi connectivity index (χ2v) is 5.41. The molecule has 1 aliphatic rings. The number of carbonyl (C=O) groups is 1.